The number of amides is 3. The minimum absolute atomic E-state index is 0.0807. The molecular weight excluding hydrogens is 753 g/mol. The molecule has 7 atom stereocenters. The molecule has 2 bridgehead atoms. The lowest BCUT2D eigenvalue weighted by molar-refractivity contribution is -0.137. The topological polar surface area (TPSA) is 167 Å². The van der Waals surface area contributed by atoms with Crippen molar-refractivity contribution in [2.45, 2.75) is 74.7 Å². The molecule has 3 unspecified atom stereocenters. The van der Waals surface area contributed by atoms with E-state index in [1.807, 2.05) is 24.6 Å². The molecular formula is C44H50N8O5S. The quantitative estimate of drug-likeness (QED) is 0.0907. The first-order chi connectivity index (χ1) is 28.3. The number of nitrogens with zero attached hydrogens (tertiary/aromatic N) is 4. The zero-order valence-electron chi connectivity index (χ0n) is 33.2. The van der Waals surface area contributed by atoms with E-state index in [9.17, 15) is 14.4 Å². The van der Waals surface area contributed by atoms with E-state index in [4.69, 9.17) is 14.5 Å². The number of nitrogens with one attached hydrogen (secondary N) is 4. The molecule has 2 aromatic carbocycles. The van der Waals surface area contributed by atoms with Crippen molar-refractivity contribution in [2.24, 2.45) is 17.8 Å². The zero-order chi connectivity index (χ0) is 40.3. The average Bonchev–Trinajstić information content (AvgIpc) is 4.13. The van der Waals surface area contributed by atoms with Gasteiger partial charge in [-0.05, 0) is 85.4 Å². The fourth-order valence-electron chi connectivity index (χ4n) is 9.29. The number of carbonyl (C=O) groups excluding carboxylic acids is 3. The summed E-state index contributed by atoms with van der Waals surface area (Å²) >= 11 is 1.59. The van der Waals surface area contributed by atoms with Gasteiger partial charge in [-0.3, -0.25) is 9.59 Å². The number of hydrogen-bond donors (Lipinski definition) is 4. The van der Waals surface area contributed by atoms with Crippen molar-refractivity contribution in [3.63, 3.8) is 0 Å². The number of aromatic nitrogens is 5. The van der Waals surface area contributed by atoms with Crippen LogP contribution in [0.25, 0.3) is 33.6 Å². The molecule has 0 spiro atoms. The van der Waals surface area contributed by atoms with Gasteiger partial charge >= 0.3 is 6.09 Å². The molecule has 4 N–H and O–H groups in total. The lowest BCUT2D eigenvalue weighted by atomic mass is 9.78. The van der Waals surface area contributed by atoms with Crippen molar-refractivity contribution in [1.82, 2.24) is 40.5 Å². The third-order valence-electron chi connectivity index (χ3n) is 12.4. The van der Waals surface area contributed by atoms with Crippen LogP contribution < -0.4 is 10.6 Å². The summed E-state index contributed by atoms with van der Waals surface area (Å²) in [5, 5.41) is 6.81. The molecule has 1 saturated heterocycles. The Labute approximate surface area is 342 Å². The number of likely N-dealkylation sites (tertiary alicyclic amines) is 1. The standard InChI is InChI=1S/C44H50N8O5S/c1-25(56-2)38(51-44(55)57-3)43(54)52-20-6-8-35(52)39-46-23-33(49-39)28-13-9-26(10-14-28)27-11-15-29(16-12-27)34-24-47-40(50-34)36-30-17-18-31(21-30)37(36)41(53)48-22-32-7-5-19-45-42(32)58-4/h5,7,9-16,19,23-25,30-31,35-38H,6,8,17-18,20-22H2,1-4H3,(H,46,49)(H,47,50)(H,48,53)(H,51,55)/t25-,30?,31?,35+,36?,37+,38+/m1/s1. The summed E-state index contributed by atoms with van der Waals surface area (Å²) in [4.78, 5) is 62.2. The lowest BCUT2D eigenvalue weighted by Gasteiger charge is -2.30. The number of imidazole rings is 2. The van der Waals surface area contributed by atoms with Crippen LogP contribution in [-0.4, -0.2) is 86.9 Å². The van der Waals surface area contributed by atoms with E-state index in [0.717, 1.165) is 82.2 Å². The normalized spacial score (nSPS) is 22.1. The second kappa shape index (κ2) is 17.2. The smallest absolute Gasteiger partial charge is 0.407 e. The van der Waals surface area contributed by atoms with Crippen LogP contribution in [0.4, 0.5) is 4.79 Å². The van der Waals surface area contributed by atoms with Crippen molar-refractivity contribution >= 4 is 29.7 Å². The Morgan fingerprint density at radius 2 is 1.50 bits per heavy atom. The molecule has 3 fully saturated rings. The Kier molecular flexibility index (Phi) is 11.7. The summed E-state index contributed by atoms with van der Waals surface area (Å²) in [5.74, 6) is 2.31. The van der Waals surface area contributed by atoms with Gasteiger partial charge in [0, 0.05) is 37.9 Å². The number of thioether (sulfide) groups is 1. The van der Waals surface area contributed by atoms with Gasteiger partial charge in [-0.1, -0.05) is 54.6 Å². The van der Waals surface area contributed by atoms with E-state index in [0.29, 0.717) is 30.7 Å². The molecule has 3 aromatic heterocycles. The van der Waals surface area contributed by atoms with Crippen LogP contribution in [0.3, 0.4) is 0 Å². The first kappa shape index (κ1) is 39.4. The average molecular weight is 803 g/mol. The fourth-order valence-corrected chi connectivity index (χ4v) is 9.86. The Balaban J connectivity index is 0.916. The summed E-state index contributed by atoms with van der Waals surface area (Å²) in [6.45, 7) is 2.77. The highest BCUT2D eigenvalue weighted by Crippen LogP contribution is 2.56. The summed E-state index contributed by atoms with van der Waals surface area (Å²) in [7, 11) is 2.77. The van der Waals surface area contributed by atoms with E-state index in [1.54, 1.807) is 36.0 Å². The maximum absolute atomic E-state index is 13.7. The van der Waals surface area contributed by atoms with Gasteiger partial charge in [-0.25, -0.2) is 19.7 Å². The maximum Gasteiger partial charge on any atom is 0.407 e. The largest absolute Gasteiger partial charge is 0.453 e. The third kappa shape index (κ3) is 7.87. The number of rotatable bonds is 13. The monoisotopic (exact) mass is 802 g/mol. The second-order valence-electron chi connectivity index (χ2n) is 15.5. The van der Waals surface area contributed by atoms with Crippen molar-refractivity contribution in [3.8, 4) is 33.6 Å². The summed E-state index contributed by atoms with van der Waals surface area (Å²) < 4.78 is 10.2. The third-order valence-corrected chi connectivity index (χ3v) is 13.1. The van der Waals surface area contributed by atoms with E-state index < -0.39 is 18.2 Å². The van der Waals surface area contributed by atoms with E-state index >= 15 is 0 Å². The number of methoxy groups -OCH3 is 2. The maximum atomic E-state index is 13.7. The van der Waals surface area contributed by atoms with Gasteiger partial charge in [0.1, 0.15) is 22.7 Å². The van der Waals surface area contributed by atoms with Gasteiger partial charge in [0.15, 0.2) is 0 Å². The zero-order valence-corrected chi connectivity index (χ0v) is 34.1. The van der Waals surface area contributed by atoms with Gasteiger partial charge in [-0.15, -0.1) is 11.8 Å². The molecule has 1 aliphatic heterocycles. The van der Waals surface area contributed by atoms with Crippen molar-refractivity contribution < 1.29 is 23.9 Å². The second-order valence-corrected chi connectivity index (χ2v) is 16.3. The molecule has 302 valence electrons. The molecule has 8 rings (SSSR count). The minimum Gasteiger partial charge on any atom is -0.453 e. The number of alkyl carbamates (subject to hydrolysis) is 1. The number of aromatic amines is 2. The molecule has 58 heavy (non-hydrogen) atoms. The molecule has 3 aliphatic rings. The Bertz CT molecular complexity index is 2240. The van der Waals surface area contributed by atoms with Crippen LogP contribution in [-0.2, 0) is 25.6 Å². The van der Waals surface area contributed by atoms with E-state index in [2.05, 4.69) is 79.1 Å². The summed E-state index contributed by atoms with van der Waals surface area (Å²) in [6.07, 6.45) is 11.1. The van der Waals surface area contributed by atoms with Gasteiger partial charge in [0.05, 0.1) is 49.0 Å². The van der Waals surface area contributed by atoms with Crippen LogP contribution in [0.15, 0.2) is 84.3 Å². The lowest BCUT2D eigenvalue weighted by Crippen LogP contribution is -2.54. The van der Waals surface area contributed by atoms with Gasteiger partial charge in [0.2, 0.25) is 11.8 Å². The molecule has 0 radical (unpaired) electrons. The SMILES string of the molecule is COC(=O)N[C@H](C(=O)N1CCC[C@H]1c1ncc(-c2ccc(-c3ccc(-c4cnc(C5C6CCC(C6)[C@@H]5C(=O)NCc5cccnc5SC)[nH]4)cc3)cc2)[nH]1)[C@@H](C)OC. The highest BCUT2D eigenvalue weighted by molar-refractivity contribution is 7.98. The molecule has 2 saturated carbocycles. The highest BCUT2D eigenvalue weighted by Gasteiger charge is 2.52. The summed E-state index contributed by atoms with van der Waals surface area (Å²) in [5.41, 5.74) is 7.02. The number of benzene rings is 2. The van der Waals surface area contributed by atoms with Crippen molar-refractivity contribution in [2.75, 3.05) is 27.0 Å². The number of ether oxygens (including phenoxy) is 2. The molecule has 2 aliphatic carbocycles. The first-order valence-electron chi connectivity index (χ1n) is 20.0. The van der Waals surface area contributed by atoms with Gasteiger partial charge in [0.25, 0.3) is 0 Å². The number of H-pyrrole nitrogens is 2. The number of pyridine rings is 1. The van der Waals surface area contributed by atoms with Gasteiger partial charge < -0.3 is 35.0 Å². The first-order valence-corrected chi connectivity index (χ1v) is 21.2. The molecule has 13 nitrogen and oxygen atoms in total. The Morgan fingerprint density at radius 1 is 0.862 bits per heavy atom. The fraction of sp³-hybridized carbons (Fsp3) is 0.409. The number of hydrogen-bond acceptors (Lipinski definition) is 9. The molecule has 5 aromatic rings. The Morgan fingerprint density at radius 3 is 2.16 bits per heavy atom. The number of carbonyl (C=O) groups is 3. The van der Waals surface area contributed by atoms with Crippen LogP contribution >= 0.6 is 11.8 Å². The van der Waals surface area contributed by atoms with Crippen LogP contribution in [0.1, 0.15) is 68.2 Å². The van der Waals surface area contributed by atoms with E-state index in [-0.39, 0.29) is 29.7 Å². The predicted octanol–water partition coefficient (Wildman–Crippen LogP) is 7.12. The van der Waals surface area contributed by atoms with E-state index in [1.165, 1.54) is 14.2 Å². The number of fused-ring (bicyclic) bond motifs is 2. The molecule has 3 amide bonds. The summed E-state index contributed by atoms with van der Waals surface area (Å²) in [6, 6.07) is 19.6. The van der Waals surface area contributed by atoms with Crippen LogP contribution in [0.2, 0.25) is 0 Å². The van der Waals surface area contributed by atoms with Gasteiger partial charge in [-0.2, -0.15) is 0 Å². The predicted molar refractivity (Wildman–Crippen MR) is 221 cm³/mol. The molecule has 4 heterocycles. The highest BCUT2D eigenvalue weighted by atomic mass is 32.2. The van der Waals surface area contributed by atoms with Crippen LogP contribution in [0.5, 0.6) is 0 Å². The Hall–Kier alpha value is -5.47. The van der Waals surface area contributed by atoms with Crippen LogP contribution in [0, 0.1) is 17.8 Å². The van der Waals surface area contributed by atoms with Crippen molar-refractivity contribution in [3.05, 3.63) is 96.5 Å². The molecule has 14 heteroatoms. The van der Waals surface area contributed by atoms with Crippen molar-refractivity contribution in [1.29, 1.82) is 0 Å². The minimum atomic E-state index is -0.886.